The van der Waals surface area contributed by atoms with Crippen LogP contribution >= 0.6 is 0 Å². The third-order valence-corrected chi connectivity index (χ3v) is 21.4. The molecule has 17 rings (SSSR count). The first-order valence-electron chi connectivity index (χ1n) is 39.6. The van der Waals surface area contributed by atoms with Crippen molar-refractivity contribution >= 4 is 10.8 Å². The van der Waals surface area contributed by atoms with E-state index >= 15 is 0 Å². The third kappa shape index (κ3) is 18.2. The van der Waals surface area contributed by atoms with E-state index in [1.165, 1.54) is 98.9 Å². The van der Waals surface area contributed by atoms with E-state index in [-0.39, 0.29) is 65.7 Å². The zero-order valence-electron chi connectivity index (χ0n) is 66.8. The van der Waals surface area contributed by atoms with Gasteiger partial charge in [-0.2, -0.15) is 15.3 Å². The zero-order valence-corrected chi connectivity index (χ0v) is 74.0. The molecule has 0 atom stereocenters. The molecule has 6 heterocycles. The Morgan fingerprint density at radius 1 is 0.404 bits per heavy atom. The van der Waals surface area contributed by atoms with Gasteiger partial charge in [0.25, 0.3) is 0 Å². The molecule has 1 fully saturated rings. The van der Waals surface area contributed by atoms with Crippen LogP contribution in [0.1, 0.15) is 152 Å². The summed E-state index contributed by atoms with van der Waals surface area (Å²) in [5, 5.41) is 30.9. The molecule has 0 amide bonds. The molecule has 15 heteroatoms. The number of hydrogen-bond donors (Lipinski definition) is 0. The van der Waals surface area contributed by atoms with Crippen molar-refractivity contribution in [1.29, 1.82) is 0 Å². The number of aryl methyl sites for hydroxylation is 1. The van der Waals surface area contributed by atoms with Crippen molar-refractivity contribution in [3.63, 3.8) is 0 Å². The number of pyridine rings is 3. The number of aromatic nitrogens is 12. The molecule has 15 aromatic rings. The van der Waals surface area contributed by atoms with Crippen LogP contribution in [-0.4, -0.2) is 59.2 Å². The van der Waals surface area contributed by atoms with E-state index in [1.807, 2.05) is 60.9 Å². The van der Waals surface area contributed by atoms with Gasteiger partial charge in [-0.15, -0.1) is 109 Å². The number of rotatable bonds is 19. The van der Waals surface area contributed by atoms with E-state index in [0.29, 0.717) is 29.6 Å². The first-order valence-corrected chi connectivity index (χ1v) is 39.6. The normalized spacial score (nSPS) is 12.8. The van der Waals surface area contributed by atoms with Crippen molar-refractivity contribution in [3.05, 3.63) is 312 Å². The third-order valence-electron chi connectivity index (χ3n) is 21.4. The summed E-state index contributed by atoms with van der Waals surface area (Å²) in [6.45, 7) is 24.8. The molecule has 0 unspecified atom stereocenters. The quantitative estimate of drug-likeness (QED) is 0.0726. The van der Waals surface area contributed by atoms with Crippen molar-refractivity contribution in [1.82, 2.24) is 59.2 Å². The second kappa shape index (κ2) is 37.6. The van der Waals surface area contributed by atoms with Gasteiger partial charge in [0.05, 0.1) is 28.9 Å². The first kappa shape index (κ1) is 83.5. The molecular weight excluding hydrogens is 1930 g/mol. The fourth-order valence-corrected chi connectivity index (χ4v) is 16.2. The van der Waals surface area contributed by atoms with Crippen LogP contribution in [-0.2, 0) is 91.4 Å². The van der Waals surface area contributed by atoms with Gasteiger partial charge >= 0.3 is 0 Å². The van der Waals surface area contributed by atoms with Gasteiger partial charge in [0.2, 0.25) is 0 Å². The Kier molecular flexibility index (Phi) is 27.5. The van der Waals surface area contributed by atoms with E-state index < -0.39 is 0 Å². The van der Waals surface area contributed by atoms with Gasteiger partial charge < -0.3 is 13.7 Å². The molecule has 0 aliphatic heterocycles. The van der Waals surface area contributed by atoms with Crippen LogP contribution in [0.4, 0.5) is 0 Å². The Labute approximate surface area is 713 Å². The van der Waals surface area contributed by atoms with Crippen molar-refractivity contribution in [2.24, 2.45) is 23.7 Å². The molecule has 0 bridgehead atoms. The first-order chi connectivity index (χ1) is 54.0. The minimum atomic E-state index is -0.108. The number of nitrogens with zero attached hydrogens (tertiary/aromatic N) is 12. The van der Waals surface area contributed by atoms with E-state index in [0.717, 1.165) is 122 Å². The molecule has 9 aromatic carbocycles. The summed E-state index contributed by atoms with van der Waals surface area (Å²) in [6.07, 6.45) is 17.7. The van der Waals surface area contributed by atoms with Crippen LogP contribution in [0, 0.1) is 48.8 Å². The molecule has 114 heavy (non-hydrogen) atoms. The average molecular weight is 2030 g/mol. The molecule has 3 radical (unpaired) electrons. The Balaban J connectivity index is 0.000000158. The monoisotopic (exact) mass is 2030 g/mol. The Morgan fingerprint density at radius 3 is 1.65 bits per heavy atom. The van der Waals surface area contributed by atoms with Crippen LogP contribution in [0.15, 0.2) is 249 Å². The van der Waals surface area contributed by atoms with Gasteiger partial charge in [-0.05, 0) is 150 Å². The van der Waals surface area contributed by atoms with Crippen molar-refractivity contribution < 1.29 is 60.3 Å². The molecule has 0 spiro atoms. The largest absolute Gasteiger partial charge is 0.316 e. The van der Waals surface area contributed by atoms with Gasteiger partial charge in [0.15, 0.2) is 17.5 Å². The van der Waals surface area contributed by atoms with E-state index in [9.17, 15) is 0 Å². The summed E-state index contributed by atoms with van der Waals surface area (Å²) >= 11 is 0. The van der Waals surface area contributed by atoms with Crippen LogP contribution in [0.3, 0.4) is 0 Å². The molecule has 0 saturated heterocycles. The molecule has 2 aliphatic rings. The van der Waals surface area contributed by atoms with Gasteiger partial charge in [-0.25, -0.2) is 4.98 Å². The molecule has 12 nitrogen and oxygen atoms in total. The van der Waals surface area contributed by atoms with Gasteiger partial charge in [-0.3, -0.25) is 9.97 Å². The predicted molar refractivity (Wildman–Crippen MR) is 452 cm³/mol. The van der Waals surface area contributed by atoms with E-state index in [4.69, 9.17) is 30.4 Å². The average Bonchev–Trinajstić information content (AvgIpc) is 1.57. The summed E-state index contributed by atoms with van der Waals surface area (Å²) in [5.41, 5.74) is 23.1. The fraction of sp³-hybridized carbons (Fsp3) is 0.263. The molecular formula is C99H97Ir3N12-3. The van der Waals surface area contributed by atoms with Crippen LogP contribution in [0.2, 0.25) is 0 Å². The molecule has 2 aliphatic carbocycles. The topological polar surface area (TPSA) is 131 Å². The summed E-state index contributed by atoms with van der Waals surface area (Å²) in [7, 11) is 0. The maximum Gasteiger partial charge on any atom is 0.161 e. The smallest absolute Gasteiger partial charge is 0.161 e. The van der Waals surface area contributed by atoms with Gasteiger partial charge in [0.1, 0.15) is 5.82 Å². The van der Waals surface area contributed by atoms with Crippen LogP contribution in [0.5, 0.6) is 0 Å². The van der Waals surface area contributed by atoms with Crippen LogP contribution in [0.25, 0.3) is 119 Å². The Hall–Kier alpha value is -9.94. The summed E-state index contributed by atoms with van der Waals surface area (Å²) in [6, 6.07) is 89.0. The maximum absolute atomic E-state index is 4.93. The summed E-state index contributed by atoms with van der Waals surface area (Å²) < 4.78 is 6.49. The summed E-state index contributed by atoms with van der Waals surface area (Å²) in [4.78, 5) is 13.9. The number of hydrogen-bond acceptors (Lipinski definition) is 9. The maximum atomic E-state index is 4.93. The number of benzene rings is 9. The number of fused-ring (bicyclic) bond motifs is 4. The minimum Gasteiger partial charge on any atom is -0.316 e. The molecule has 6 aromatic heterocycles. The van der Waals surface area contributed by atoms with Crippen molar-refractivity contribution in [2.45, 2.75) is 145 Å². The van der Waals surface area contributed by atoms with Crippen LogP contribution < -0.4 is 0 Å². The van der Waals surface area contributed by atoms with Crippen molar-refractivity contribution in [3.8, 4) is 108 Å². The standard InChI is InChI=1S/C37H35N4.C36H37N4.C26H25N4.3Ir/c1-25(2)22-32-20-21-38-34(23-26(3)4)35(32)41-36(30-17-14-29(15-18-30)27-10-6-5-7-11-27)39-40-37(41)33-19-16-28-12-8-9-13-31(28)24-33;1-23(2)20-25-12-11-13-26(21-24(3)4)33(25)35-39-38-34(40(35)32-16-9-10-19-37-32)27-17-18-29-28-14-7-8-15-30(28)36(5,6)31(29)22-27;1-19-7-5-11-22(17-19)25-28-29-26(30(25)24-13-15-27-16-14-24)23-12-6-10-21(18-23)20-8-3-2-4-9-20;;;/h5-18,20-21,24-26H,22-23H2,1-4H3;7-16,18-19,22-24H,20-21H2,1-6H3;5-7,10-11,13-18,20H,2-4,8-9H2,1H3;;;/q3*-1;;;. The molecule has 1 saturated carbocycles. The molecule has 0 N–H and O–H groups in total. The minimum absolute atomic E-state index is 0. The Bertz CT molecular complexity index is 5660. The van der Waals surface area contributed by atoms with Gasteiger partial charge in [0, 0.05) is 107 Å². The molecule has 583 valence electrons. The summed E-state index contributed by atoms with van der Waals surface area (Å²) in [5.74, 6) is 8.27. The van der Waals surface area contributed by atoms with Crippen molar-refractivity contribution in [2.75, 3.05) is 0 Å². The SMILES string of the molecule is CC(C)Cc1cccc(CC(C)C)c1-c1nnc(-c2[c-]cc3c(c2)C(C)(C)c2ccccc2-3)n1-c1ccccn1.CC(C)Cc1ccnc(CC(C)C)c1-n1c(-c2[c-]cc3ccccc3c2)nnc1-c1ccc(-c2ccccc2)cc1.Cc1cccc(-c2nnc(-c3[c-]ccc(C4CCCCC4)c3)n2-c2ccncc2)c1.[Ir].[Ir].[Ir]. The predicted octanol–water partition coefficient (Wildman–Crippen LogP) is 23.7. The Morgan fingerprint density at radius 2 is 0.965 bits per heavy atom. The van der Waals surface area contributed by atoms with E-state index in [2.05, 4.69) is 299 Å². The zero-order chi connectivity index (χ0) is 76.7. The second-order valence-electron chi connectivity index (χ2n) is 32.1. The van der Waals surface area contributed by atoms with E-state index in [1.54, 1.807) is 12.4 Å². The van der Waals surface area contributed by atoms with Gasteiger partial charge in [-0.1, -0.05) is 256 Å². The second-order valence-corrected chi connectivity index (χ2v) is 32.1. The fourth-order valence-electron chi connectivity index (χ4n) is 16.2.